The fourth-order valence-electron chi connectivity index (χ4n) is 1.63. The summed E-state index contributed by atoms with van der Waals surface area (Å²) in [5, 5.41) is 0. The van der Waals surface area contributed by atoms with Crippen molar-refractivity contribution in [3.63, 3.8) is 0 Å². The van der Waals surface area contributed by atoms with Gasteiger partial charge in [0.05, 0.1) is 6.04 Å². The summed E-state index contributed by atoms with van der Waals surface area (Å²) in [5.74, 6) is -0.0179. The maximum absolute atomic E-state index is 11.9. The summed E-state index contributed by atoms with van der Waals surface area (Å²) in [4.78, 5) is 13.6. The van der Waals surface area contributed by atoms with Gasteiger partial charge in [-0.25, -0.2) is 0 Å². The molecular formula is C14H20N2O. The minimum atomic E-state index is -0.466. The highest BCUT2D eigenvalue weighted by Gasteiger charge is 2.17. The Hall–Kier alpha value is -1.61. The number of nitrogens with zero attached hydrogens (tertiary/aromatic N) is 1. The second-order valence-electron chi connectivity index (χ2n) is 4.13. The third-order valence-corrected chi connectivity index (χ3v) is 2.66. The highest BCUT2D eigenvalue weighted by atomic mass is 16.2. The third-order valence-electron chi connectivity index (χ3n) is 2.66. The first-order chi connectivity index (χ1) is 8.15. The molecule has 92 valence electrons. The molecule has 0 spiro atoms. The van der Waals surface area contributed by atoms with Crippen molar-refractivity contribution in [3.05, 3.63) is 48.6 Å². The number of carbonyl (C=O) groups excluding carboxylic acids is 1. The zero-order valence-corrected chi connectivity index (χ0v) is 10.3. The molecule has 1 atom stereocenters. The van der Waals surface area contributed by atoms with Gasteiger partial charge in [-0.05, 0) is 18.4 Å². The molecular weight excluding hydrogens is 212 g/mol. The average Bonchev–Trinajstić information content (AvgIpc) is 2.36. The predicted molar refractivity (Wildman–Crippen MR) is 70.6 cm³/mol. The standard InChI is InChI=1S/C14H20N2O/c1-3-4-10-16(2)14(17)13(15)11-12-8-6-5-7-9-12/h3,5-9,13H,1,4,10-11,15H2,2H3/t13-/m1/s1. The van der Waals surface area contributed by atoms with Gasteiger partial charge in [0, 0.05) is 13.6 Å². The van der Waals surface area contributed by atoms with Gasteiger partial charge >= 0.3 is 0 Å². The molecule has 0 aliphatic carbocycles. The highest BCUT2D eigenvalue weighted by Crippen LogP contribution is 2.04. The fourth-order valence-corrected chi connectivity index (χ4v) is 1.63. The fraction of sp³-hybridized carbons (Fsp3) is 0.357. The van der Waals surface area contributed by atoms with E-state index in [-0.39, 0.29) is 5.91 Å². The van der Waals surface area contributed by atoms with Crippen LogP contribution < -0.4 is 5.73 Å². The van der Waals surface area contributed by atoms with Crippen LogP contribution in [0.5, 0.6) is 0 Å². The lowest BCUT2D eigenvalue weighted by atomic mass is 10.1. The van der Waals surface area contributed by atoms with Gasteiger partial charge in [0.15, 0.2) is 0 Å². The second-order valence-corrected chi connectivity index (χ2v) is 4.13. The minimum Gasteiger partial charge on any atom is -0.344 e. The molecule has 17 heavy (non-hydrogen) atoms. The largest absolute Gasteiger partial charge is 0.344 e. The molecule has 2 N–H and O–H groups in total. The van der Waals surface area contributed by atoms with Crippen molar-refractivity contribution in [2.24, 2.45) is 5.73 Å². The molecule has 1 aromatic rings. The third kappa shape index (κ3) is 4.41. The Labute approximate surface area is 103 Å². The SMILES string of the molecule is C=CCCN(C)C(=O)[C@H](N)Cc1ccccc1. The molecule has 3 nitrogen and oxygen atoms in total. The molecule has 0 aliphatic heterocycles. The number of nitrogens with two attached hydrogens (primary N) is 1. The molecule has 0 aliphatic rings. The first kappa shape index (κ1) is 13.5. The normalized spacial score (nSPS) is 11.9. The number of hydrogen-bond acceptors (Lipinski definition) is 2. The minimum absolute atomic E-state index is 0.0179. The summed E-state index contributed by atoms with van der Waals surface area (Å²) in [6.07, 6.45) is 3.17. The van der Waals surface area contributed by atoms with Gasteiger partial charge in [0.25, 0.3) is 0 Å². The summed E-state index contributed by atoms with van der Waals surface area (Å²) < 4.78 is 0. The molecule has 1 rings (SSSR count). The summed E-state index contributed by atoms with van der Waals surface area (Å²) >= 11 is 0. The molecule has 0 saturated carbocycles. The Kier molecular flexibility index (Phi) is 5.43. The topological polar surface area (TPSA) is 46.3 Å². The molecule has 0 radical (unpaired) electrons. The van der Waals surface area contributed by atoms with Crippen LogP contribution in [0.1, 0.15) is 12.0 Å². The van der Waals surface area contributed by atoms with Crippen LogP contribution in [0.15, 0.2) is 43.0 Å². The van der Waals surface area contributed by atoms with Gasteiger partial charge in [-0.1, -0.05) is 36.4 Å². The lowest BCUT2D eigenvalue weighted by Crippen LogP contribution is -2.43. The first-order valence-corrected chi connectivity index (χ1v) is 5.80. The summed E-state index contributed by atoms with van der Waals surface area (Å²) in [7, 11) is 1.77. The first-order valence-electron chi connectivity index (χ1n) is 5.80. The molecule has 3 heteroatoms. The van der Waals surface area contributed by atoms with E-state index in [0.717, 1.165) is 12.0 Å². The van der Waals surface area contributed by atoms with Crippen LogP contribution in [0.2, 0.25) is 0 Å². The van der Waals surface area contributed by atoms with Crippen LogP contribution in [0.25, 0.3) is 0 Å². The maximum atomic E-state index is 11.9. The van der Waals surface area contributed by atoms with Gasteiger partial charge in [0.1, 0.15) is 0 Å². The van der Waals surface area contributed by atoms with E-state index in [1.54, 1.807) is 18.0 Å². The Balaban J connectivity index is 2.49. The van der Waals surface area contributed by atoms with Crippen molar-refractivity contribution >= 4 is 5.91 Å². The van der Waals surface area contributed by atoms with Crippen molar-refractivity contribution in [2.75, 3.05) is 13.6 Å². The lowest BCUT2D eigenvalue weighted by Gasteiger charge is -2.20. The molecule has 0 fully saturated rings. The number of benzene rings is 1. The van der Waals surface area contributed by atoms with Crippen LogP contribution in [-0.2, 0) is 11.2 Å². The van der Waals surface area contributed by atoms with Gasteiger partial charge in [0.2, 0.25) is 5.91 Å². The van der Waals surface area contributed by atoms with Crippen LogP contribution in [0.4, 0.5) is 0 Å². The van der Waals surface area contributed by atoms with E-state index in [1.807, 2.05) is 30.3 Å². The van der Waals surface area contributed by atoms with Crippen molar-refractivity contribution in [2.45, 2.75) is 18.9 Å². The van der Waals surface area contributed by atoms with Crippen molar-refractivity contribution in [3.8, 4) is 0 Å². The molecule has 1 aromatic carbocycles. The van der Waals surface area contributed by atoms with Gasteiger partial charge in [-0.2, -0.15) is 0 Å². The second kappa shape index (κ2) is 6.86. The smallest absolute Gasteiger partial charge is 0.239 e. The van der Waals surface area contributed by atoms with Crippen LogP contribution in [-0.4, -0.2) is 30.4 Å². The quantitative estimate of drug-likeness (QED) is 0.757. The molecule has 0 aromatic heterocycles. The summed E-state index contributed by atoms with van der Waals surface area (Å²) in [5.41, 5.74) is 6.99. The van der Waals surface area contributed by atoms with Crippen LogP contribution in [0, 0.1) is 0 Å². The number of carbonyl (C=O) groups is 1. The Morgan fingerprint density at radius 1 is 1.47 bits per heavy atom. The van der Waals surface area contributed by atoms with Crippen molar-refractivity contribution < 1.29 is 4.79 Å². The van der Waals surface area contributed by atoms with E-state index in [0.29, 0.717) is 13.0 Å². The highest BCUT2D eigenvalue weighted by molar-refractivity contribution is 5.81. The number of likely N-dealkylation sites (N-methyl/N-ethyl adjacent to an activating group) is 1. The zero-order valence-electron chi connectivity index (χ0n) is 10.3. The van der Waals surface area contributed by atoms with E-state index in [1.165, 1.54) is 0 Å². The van der Waals surface area contributed by atoms with E-state index in [9.17, 15) is 4.79 Å². The Bertz CT molecular complexity index is 362. The molecule has 0 bridgehead atoms. The molecule has 0 unspecified atom stereocenters. The van der Waals surface area contributed by atoms with Crippen molar-refractivity contribution in [1.82, 2.24) is 4.90 Å². The lowest BCUT2D eigenvalue weighted by molar-refractivity contribution is -0.131. The van der Waals surface area contributed by atoms with Gasteiger partial charge < -0.3 is 10.6 Å². The maximum Gasteiger partial charge on any atom is 0.239 e. The summed E-state index contributed by atoms with van der Waals surface area (Å²) in [6, 6.07) is 9.36. The monoisotopic (exact) mass is 232 g/mol. The predicted octanol–water partition coefficient (Wildman–Crippen LogP) is 1.59. The summed E-state index contributed by atoms with van der Waals surface area (Å²) in [6.45, 7) is 4.31. The van der Waals surface area contributed by atoms with Gasteiger partial charge in [-0.3, -0.25) is 4.79 Å². The molecule has 0 heterocycles. The van der Waals surface area contributed by atoms with Crippen molar-refractivity contribution in [1.29, 1.82) is 0 Å². The number of rotatable bonds is 6. The van der Waals surface area contributed by atoms with E-state index < -0.39 is 6.04 Å². The average molecular weight is 232 g/mol. The molecule has 0 saturated heterocycles. The van der Waals surface area contributed by atoms with E-state index in [4.69, 9.17) is 5.73 Å². The molecule has 1 amide bonds. The zero-order chi connectivity index (χ0) is 12.7. The van der Waals surface area contributed by atoms with E-state index >= 15 is 0 Å². The number of amides is 1. The number of hydrogen-bond donors (Lipinski definition) is 1. The van der Waals surface area contributed by atoms with E-state index in [2.05, 4.69) is 6.58 Å². The van der Waals surface area contributed by atoms with Gasteiger partial charge in [-0.15, -0.1) is 6.58 Å². The Morgan fingerprint density at radius 2 is 2.12 bits per heavy atom. The van der Waals surface area contributed by atoms with Crippen LogP contribution >= 0.6 is 0 Å². The Morgan fingerprint density at radius 3 is 2.71 bits per heavy atom. The van der Waals surface area contributed by atoms with Crippen LogP contribution in [0.3, 0.4) is 0 Å².